The van der Waals surface area contributed by atoms with Crippen LogP contribution in [0.1, 0.15) is 16.8 Å². The van der Waals surface area contributed by atoms with Crippen LogP contribution in [0.15, 0.2) is 59.1 Å². The smallest absolute Gasteiger partial charge is 0.251 e. The highest BCUT2D eigenvalue weighted by Gasteiger charge is 2.26. The number of amides is 1. The normalized spacial score (nSPS) is 16.5. The lowest BCUT2D eigenvalue weighted by Crippen LogP contribution is -2.37. The van der Waals surface area contributed by atoms with E-state index in [1.165, 1.54) is 0 Å². The van der Waals surface area contributed by atoms with Gasteiger partial charge in [0.05, 0.1) is 5.69 Å². The number of benzene rings is 2. The molecule has 1 aliphatic heterocycles. The molecule has 138 valence electrons. The molecule has 1 aliphatic rings. The zero-order valence-electron chi connectivity index (χ0n) is 14.5. The summed E-state index contributed by atoms with van der Waals surface area (Å²) in [4.78, 5) is 14.6. The van der Waals surface area contributed by atoms with Crippen molar-refractivity contribution in [1.29, 1.82) is 0 Å². The van der Waals surface area contributed by atoms with Crippen molar-refractivity contribution in [2.24, 2.45) is 0 Å². The van der Waals surface area contributed by atoms with Crippen molar-refractivity contribution in [3.05, 3.63) is 69.7 Å². The molecular weight excluding hydrogens is 428 g/mol. The van der Waals surface area contributed by atoms with E-state index in [-0.39, 0.29) is 11.9 Å². The molecule has 7 heteroatoms. The van der Waals surface area contributed by atoms with Crippen molar-refractivity contribution >= 4 is 39.3 Å². The standard InChI is InChI=1S/C20H18BrClN4O/c21-15-3-1-2-14(10-15)20(27)23-17-8-9-26(12-17)19-11-18(24-25-19)13-4-6-16(22)7-5-13/h1-7,10-11,17H,8-9,12H2,(H,23,27)(H,24,25)/t17-/m0/s1. The molecule has 2 heterocycles. The maximum Gasteiger partial charge on any atom is 0.251 e. The van der Waals surface area contributed by atoms with Crippen LogP contribution in [0.2, 0.25) is 5.02 Å². The molecule has 0 unspecified atom stereocenters. The number of carbonyl (C=O) groups is 1. The fourth-order valence-corrected chi connectivity index (χ4v) is 3.76. The Morgan fingerprint density at radius 1 is 1.22 bits per heavy atom. The zero-order chi connectivity index (χ0) is 18.8. The van der Waals surface area contributed by atoms with Crippen LogP contribution >= 0.6 is 27.5 Å². The van der Waals surface area contributed by atoms with Crippen LogP contribution in [-0.2, 0) is 0 Å². The maximum absolute atomic E-state index is 12.4. The van der Waals surface area contributed by atoms with E-state index in [1.54, 1.807) is 0 Å². The van der Waals surface area contributed by atoms with Gasteiger partial charge in [-0.25, -0.2) is 0 Å². The third-order valence-corrected chi connectivity index (χ3v) is 5.40. The number of aromatic amines is 1. The minimum absolute atomic E-state index is 0.0490. The number of H-pyrrole nitrogens is 1. The van der Waals surface area contributed by atoms with E-state index in [0.717, 1.165) is 41.1 Å². The van der Waals surface area contributed by atoms with E-state index < -0.39 is 0 Å². The van der Waals surface area contributed by atoms with Crippen molar-refractivity contribution in [2.75, 3.05) is 18.0 Å². The van der Waals surface area contributed by atoms with Crippen molar-refractivity contribution in [2.45, 2.75) is 12.5 Å². The van der Waals surface area contributed by atoms with Crippen molar-refractivity contribution in [1.82, 2.24) is 15.5 Å². The molecule has 0 bridgehead atoms. The van der Waals surface area contributed by atoms with Crippen LogP contribution < -0.4 is 10.2 Å². The van der Waals surface area contributed by atoms with Crippen molar-refractivity contribution < 1.29 is 4.79 Å². The summed E-state index contributed by atoms with van der Waals surface area (Å²) in [5.41, 5.74) is 2.65. The largest absolute Gasteiger partial charge is 0.353 e. The second-order valence-electron chi connectivity index (χ2n) is 6.56. The Hall–Kier alpha value is -2.31. The maximum atomic E-state index is 12.4. The zero-order valence-corrected chi connectivity index (χ0v) is 16.8. The SMILES string of the molecule is O=C(N[C@H]1CCN(c2cc(-c3ccc(Cl)cc3)[nH]n2)C1)c1cccc(Br)c1. The predicted molar refractivity (Wildman–Crippen MR) is 111 cm³/mol. The third kappa shape index (κ3) is 4.17. The van der Waals surface area contributed by atoms with Gasteiger partial charge in [-0.2, -0.15) is 5.10 Å². The fourth-order valence-electron chi connectivity index (χ4n) is 3.24. The van der Waals surface area contributed by atoms with Gasteiger partial charge in [0.1, 0.15) is 0 Å². The molecule has 1 amide bonds. The molecule has 5 nitrogen and oxygen atoms in total. The summed E-state index contributed by atoms with van der Waals surface area (Å²) in [6, 6.07) is 17.2. The second-order valence-corrected chi connectivity index (χ2v) is 7.91. The van der Waals surface area contributed by atoms with E-state index in [4.69, 9.17) is 11.6 Å². The van der Waals surface area contributed by atoms with E-state index in [0.29, 0.717) is 10.6 Å². The van der Waals surface area contributed by atoms with Crippen molar-refractivity contribution in [3.63, 3.8) is 0 Å². The van der Waals surface area contributed by atoms with Gasteiger partial charge in [0, 0.05) is 40.3 Å². The highest BCUT2D eigenvalue weighted by Crippen LogP contribution is 2.25. The predicted octanol–water partition coefficient (Wildman–Crippen LogP) is 4.50. The van der Waals surface area contributed by atoms with Gasteiger partial charge in [-0.05, 0) is 42.3 Å². The average Bonchev–Trinajstić information content (AvgIpc) is 3.32. The van der Waals surface area contributed by atoms with E-state index >= 15 is 0 Å². The fraction of sp³-hybridized carbons (Fsp3) is 0.200. The molecule has 2 N–H and O–H groups in total. The molecular formula is C20H18BrClN4O. The molecule has 0 radical (unpaired) electrons. The van der Waals surface area contributed by atoms with Gasteiger partial charge in [-0.1, -0.05) is 45.7 Å². The molecule has 0 saturated carbocycles. The number of hydrogen-bond acceptors (Lipinski definition) is 3. The molecule has 3 aromatic rings. The number of hydrogen-bond donors (Lipinski definition) is 2. The van der Waals surface area contributed by atoms with E-state index in [1.807, 2.05) is 54.6 Å². The third-order valence-electron chi connectivity index (χ3n) is 4.65. The number of nitrogens with one attached hydrogen (secondary N) is 2. The van der Waals surface area contributed by atoms with Gasteiger partial charge in [-0.3, -0.25) is 9.89 Å². The Bertz CT molecular complexity index is 957. The van der Waals surface area contributed by atoms with E-state index in [2.05, 4.69) is 36.3 Å². The monoisotopic (exact) mass is 444 g/mol. The lowest BCUT2D eigenvalue weighted by atomic mass is 10.1. The molecule has 0 aliphatic carbocycles. The summed E-state index contributed by atoms with van der Waals surface area (Å²) in [5.74, 6) is 0.839. The van der Waals surface area contributed by atoms with Crippen LogP contribution in [-0.4, -0.2) is 35.2 Å². The first-order valence-corrected chi connectivity index (χ1v) is 9.88. The first-order chi connectivity index (χ1) is 13.1. The molecule has 27 heavy (non-hydrogen) atoms. The first-order valence-electron chi connectivity index (χ1n) is 8.71. The molecule has 1 atom stereocenters. The highest BCUT2D eigenvalue weighted by molar-refractivity contribution is 9.10. The molecule has 0 spiro atoms. The minimum Gasteiger partial charge on any atom is -0.353 e. The van der Waals surface area contributed by atoms with E-state index in [9.17, 15) is 4.79 Å². The van der Waals surface area contributed by atoms with Crippen LogP contribution in [0.3, 0.4) is 0 Å². The summed E-state index contributed by atoms with van der Waals surface area (Å²) in [5, 5.41) is 11.3. The summed E-state index contributed by atoms with van der Waals surface area (Å²) in [6.45, 7) is 1.60. The summed E-state index contributed by atoms with van der Waals surface area (Å²) in [6.07, 6.45) is 0.892. The quantitative estimate of drug-likeness (QED) is 0.621. The Morgan fingerprint density at radius 2 is 2.04 bits per heavy atom. The van der Waals surface area contributed by atoms with Crippen molar-refractivity contribution in [3.8, 4) is 11.3 Å². The summed E-state index contributed by atoms with van der Waals surface area (Å²) in [7, 11) is 0. The first kappa shape index (κ1) is 18.1. The topological polar surface area (TPSA) is 61.0 Å². The van der Waals surface area contributed by atoms with Gasteiger partial charge >= 0.3 is 0 Å². The van der Waals surface area contributed by atoms with Gasteiger partial charge in [0.25, 0.3) is 5.91 Å². The van der Waals surface area contributed by atoms with Gasteiger partial charge < -0.3 is 10.2 Å². The minimum atomic E-state index is -0.0490. The summed E-state index contributed by atoms with van der Waals surface area (Å²) < 4.78 is 0.898. The molecule has 1 aromatic heterocycles. The number of nitrogens with zero attached hydrogens (tertiary/aromatic N) is 2. The average molecular weight is 446 g/mol. The summed E-state index contributed by atoms with van der Waals surface area (Å²) >= 11 is 9.35. The molecule has 1 fully saturated rings. The Labute approximate surface area is 170 Å². The number of halogens is 2. The molecule has 4 rings (SSSR count). The lowest BCUT2D eigenvalue weighted by molar-refractivity contribution is 0.0940. The Balaban J connectivity index is 1.40. The molecule has 1 saturated heterocycles. The Kier molecular flexibility index (Phi) is 5.18. The van der Waals surface area contributed by atoms with Crippen LogP contribution in [0.25, 0.3) is 11.3 Å². The second kappa shape index (κ2) is 7.74. The number of rotatable bonds is 4. The number of anilines is 1. The Morgan fingerprint density at radius 3 is 2.81 bits per heavy atom. The van der Waals surface area contributed by atoms with Gasteiger partial charge in [0.2, 0.25) is 0 Å². The van der Waals surface area contributed by atoms with Crippen LogP contribution in [0.4, 0.5) is 5.82 Å². The van der Waals surface area contributed by atoms with Gasteiger partial charge in [-0.15, -0.1) is 0 Å². The van der Waals surface area contributed by atoms with Crippen LogP contribution in [0, 0.1) is 0 Å². The number of carbonyl (C=O) groups excluding carboxylic acids is 1. The lowest BCUT2D eigenvalue weighted by Gasteiger charge is -2.16. The molecule has 2 aromatic carbocycles. The number of aromatic nitrogens is 2. The van der Waals surface area contributed by atoms with Gasteiger partial charge in [0.15, 0.2) is 5.82 Å². The highest BCUT2D eigenvalue weighted by atomic mass is 79.9. The van der Waals surface area contributed by atoms with Crippen LogP contribution in [0.5, 0.6) is 0 Å².